The monoisotopic (exact) mass is 333 g/mol. The molecule has 4 atom stereocenters. The molecule has 3 aliphatic rings. The lowest BCUT2D eigenvalue weighted by Gasteiger charge is -2.19. The molecule has 0 unspecified atom stereocenters. The number of rotatable bonds is 1. The quantitative estimate of drug-likeness (QED) is 0.739. The van der Waals surface area contributed by atoms with Crippen molar-refractivity contribution in [2.75, 3.05) is 4.90 Å². The first-order chi connectivity index (χ1) is 9.58. The van der Waals surface area contributed by atoms with E-state index in [2.05, 4.69) is 15.9 Å². The fourth-order valence-electron chi connectivity index (χ4n) is 4.43. The molecule has 1 aromatic carbocycles. The Morgan fingerprint density at radius 1 is 1.10 bits per heavy atom. The first kappa shape index (κ1) is 12.6. The van der Waals surface area contributed by atoms with Crippen molar-refractivity contribution in [1.29, 1.82) is 0 Å². The minimum atomic E-state index is -0.0368. The number of halogens is 1. The van der Waals surface area contributed by atoms with Gasteiger partial charge in [-0.3, -0.25) is 14.5 Å². The predicted molar refractivity (Wildman–Crippen MR) is 79.2 cm³/mol. The lowest BCUT2D eigenvalue weighted by molar-refractivity contribution is -0.123. The van der Waals surface area contributed by atoms with Crippen LogP contribution in [0, 0.1) is 30.6 Å². The minimum Gasteiger partial charge on any atom is -0.274 e. The van der Waals surface area contributed by atoms with Crippen LogP contribution in [0.2, 0.25) is 0 Å². The van der Waals surface area contributed by atoms with Crippen molar-refractivity contribution >= 4 is 33.4 Å². The van der Waals surface area contributed by atoms with E-state index < -0.39 is 0 Å². The summed E-state index contributed by atoms with van der Waals surface area (Å²) in [5.41, 5.74) is 1.78. The SMILES string of the molecule is Cc1cc(N2C(=O)[C@H]3[C@H]4CC[C@@H](C4)[C@@H]3C2=O)ccc1Br. The van der Waals surface area contributed by atoms with Gasteiger partial charge in [-0.05, 0) is 61.8 Å². The van der Waals surface area contributed by atoms with E-state index in [0.29, 0.717) is 11.8 Å². The van der Waals surface area contributed by atoms with Gasteiger partial charge in [-0.2, -0.15) is 0 Å². The molecule has 20 heavy (non-hydrogen) atoms. The van der Waals surface area contributed by atoms with Crippen molar-refractivity contribution in [2.45, 2.75) is 26.2 Å². The lowest BCUT2D eigenvalue weighted by Crippen LogP contribution is -2.32. The van der Waals surface area contributed by atoms with E-state index in [9.17, 15) is 9.59 Å². The van der Waals surface area contributed by atoms with E-state index in [4.69, 9.17) is 0 Å². The van der Waals surface area contributed by atoms with E-state index in [1.807, 2.05) is 25.1 Å². The molecule has 3 nitrogen and oxygen atoms in total. The van der Waals surface area contributed by atoms with Crippen LogP contribution >= 0.6 is 15.9 Å². The molecule has 3 fully saturated rings. The zero-order chi connectivity index (χ0) is 14.0. The highest BCUT2D eigenvalue weighted by Gasteiger charge is 2.61. The molecule has 0 aromatic heterocycles. The number of fused-ring (bicyclic) bond motifs is 5. The number of imide groups is 1. The second kappa shape index (κ2) is 4.17. The van der Waals surface area contributed by atoms with Gasteiger partial charge in [0.1, 0.15) is 0 Å². The number of anilines is 1. The van der Waals surface area contributed by atoms with E-state index in [1.165, 1.54) is 4.90 Å². The first-order valence-corrected chi connectivity index (χ1v) is 8.01. The zero-order valence-electron chi connectivity index (χ0n) is 11.3. The van der Waals surface area contributed by atoms with Gasteiger partial charge in [0, 0.05) is 4.47 Å². The van der Waals surface area contributed by atoms with E-state index in [-0.39, 0.29) is 23.7 Å². The molecule has 1 aromatic rings. The molecule has 0 N–H and O–H groups in total. The Balaban J connectivity index is 1.74. The van der Waals surface area contributed by atoms with Crippen molar-refractivity contribution in [3.8, 4) is 0 Å². The number of hydrogen-bond donors (Lipinski definition) is 0. The number of hydrogen-bond acceptors (Lipinski definition) is 2. The normalized spacial score (nSPS) is 35.0. The number of amides is 2. The number of carbonyl (C=O) groups excluding carboxylic acids is 2. The van der Waals surface area contributed by atoms with Crippen LogP contribution in [0.5, 0.6) is 0 Å². The van der Waals surface area contributed by atoms with Crippen LogP contribution in [0.1, 0.15) is 24.8 Å². The Hall–Kier alpha value is -1.16. The van der Waals surface area contributed by atoms with E-state index in [1.54, 1.807) is 0 Å². The molecule has 2 bridgehead atoms. The molecule has 1 saturated heterocycles. The predicted octanol–water partition coefficient (Wildman–Crippen LogP) is 3.29. The minimum absolute atomic E-state index is 0.0360. The summed E-state index contributed by atoms with van der Waals surface area (Å²) in [6, 6.07) is 5.69. The molecule has 2 amide bonds. The van der Waals surface area contributed by atoms with Crippen LogP contribution in [0.25, 0.3) is 0 Å². The second-order valence-corrected chi connectivity index (χ2v) is 7.18. The molecule has 1 heterocycles. The highest BCUT2D eigenvalue weighted by molar-refractivity contribution is 9.10. The Labute approximate surface area is 126 Å². The van der Waals surface area contributed by atoms with Crippen molar-refractivity contribution in [3.05, 3.63) is 28.2 Å². The summed E-state index contributed by atoms with van der Waals surface area (Å²) in [6.07, 6.45) is 3.33. The van der Waals surface area contributed by atoms with Gasteiger partial charge in [0.25, 0.3) is 0 Å². The van der Waals surface area contributed by atoms with Gasteiger partial charge in [-0.25, -0.2) is 0 Å². The molecule has 2 aliphatic carbocycles. The topological polar surface area (TPSA) is 37.4 Å². The fraction of sp³-hybridized carbons (Fsp3) is 0.500. The second-order valence-electron chi connectivity index (χ2n) is 6.33. The fourth-order valence-corrected chi connectivity index (χ4v) is 4.68. The third-order valence-corrected chi connectivity index (χ3v) is 6.22. The van der Waals surface area contributed by atoms with Crippen LogP contribution in [0.15, 0.2) is 22.7 Å². The molecule has 1 aliphatic heterocycles. The van der Waals surface area contributed by atoms with E-state index in [0.717, 1.165) is 35.0 Å². The Morgan fingerprint density at radius 2 is 1.70 bits per heavy atom. The van der Waals surface area contributed by atoms with Crippen LogP contribution in [-0.4, -0.2) is 11.8 Å². The largest absolute Gasteiger partial charge is 0.274 e. The van der Waals surface area contributed by atoms with Crippen molar-refractivity contribution in [3.63, 3.8) is 0 Å². The molecular formula is C16H16BrNO2. The van der Waals surface area contributed by atoms with Crippen LogP contribution in [0.3, 0.4) is 0 Å². The van der Waals surface area contributed by atoms with E-state index >= 15 is 0 Å². The molecule has 0 spiro atoms. The van der Waals surface area contributed by atoms with Crippen LogP contribution < -0.4 is 4.90 Å². The Morgan fingerprint density at radius 3 is 2.25 bits per heavy atom. The Kier molecular flexibility index (Phi) is 2.62. The number of aryl methyl sites for hydroxylation is 1. The van der Waals surface area contributed by atoms with Crippen molar-refractivity contribution < 1.29 is 9.59 Å². The number of benzene rings is 1. The van der Waals surface area contributed by atoms with Crippen LogP contribution in [-0.2, 0) is 9.59 Å². The molecule has 2 saturated carbocycles. The summed E-state index contributed by atoms with van der Waals surface area (Å²) >= 11 is 3.46. The third kappa shape index (κ3) is 1.51. The standard InChI is InChI=1S/C16H16BrNO2/c1-8-6-11(4-5-12(8)17)18-15(19)13-9-2-3-10(7-9)14(13)16(18)20/h4-6,9-10,13-14H,2-3,7H2,1H3/t9-,10-,13-,14-/m0/s1. The maximum atomic E-state index is 12.7. The molecular weight excluding hydrogens is 318 g/mol. The lowest BCUT2D eigenvalue weighted by atomic mass is 9.81. The van der Waals surface area contributed by atoms with Gasteiger partial charge < -0.3 is 0 Å². The van der Waals surface area contributed by atoms with Gasteiger partial charge in [0.05, 0.1) is 17.5 Å². The summed E-state index contributed by atoms with van der Waals surface area (Å²) < 4.78 is 1.00. The highest BCUT2D eigenvalue weighted by atomic mass is 79.9. The zero-order valence-corrected chi connectivity index (χ0v) is 12.9. The maximum Gasteiger partial charge on any atom is 0.237 e. The molecule has 0 radical (unpaired) electrons. The highest BCUT2D eigenvalue weighted by Crippen LogP contribution is 2.56. The smallest absolute Gasteiger partial charge is 0.237 e. The molecule has 4 rings (SSSR count). The molecule has 104 valence electrons. The van der Waals surface area contributed by atoms with Gasteiger partial charge >= 0.3 is 0 Å². The van der Waals surface area contributed by atoms with Gasteiger partial charge in [0.15, 0.2) is 0 Å². The van der Waals surface area contributed by atoms with Crippen molar-refractivity contribution in [2.24, 2.45) is 23.7 Å². The van der Waals surface area contributed by atoms with Gasteiger partial charge in [0.2, 0.25) is 11.8 Å². The molecule has 4 heteroatoms. The third-order valence-electron chi connectivity index (χ3n) is 5.33. The van der Waals surface area contributed by atoms with Crippen LogP contribution in [0.4, 0.5) is 5.69 Å². The van der Waals surface area contributed by atoms with Gasteiger partial charge in [-0.15, -0.1) is 0 Å². The van der Waals surface area contributed by atoms with Gasteiger partial charge in [-0.1, -0.05) is 15.9 Å². The average molecular weight is 334 g/mol. The number of carbonyl (C=O) groups is 2. The first-order valence-electron chi connectivity index (χ1n) is 7.22. The summed E-state index contributed by atoms with van der Waals surface area (Å²) in [5, 5.41) is 0. The Bertz CT molecular complexity index is 599. The summed E-state index contributed by atoms with van der Waals surface area (Å²) in [5.74, 6) is 0.893. The summed E-state index contributed by atoms with van der Waals surface area (Å²) in [6.45, 7) is 1.98. The summed E-state index contributed by atoms with van der Waals surface area (Å²) in [7, 11) is 0. The maximum absolute atomic E-state index is 12.7. The number of nitrogens with zero attached hydrogens (tertiary/aromatic N) is 1. The average Bonchev–Trinajstić information content (AvgIpc) is 3.08. The summed E-state index contributed by atoms with van der Waals surface area (Å²) in [4.78, 5) is 26.8. The van der Waals surface area contributed by atoms with Crippen molar-refractivity contribution in [1.82, 2.24) is 0 Å².